The van der Waals surface area contributed by atoms with Crippen LogP contribution in [0.2, 0.25) is 0 Å². The summed E-state index contributed by atoms with van der Waals surface area (Å²) in [6.07, 6.45) is 7.15. The second kappa shape index (κ2) is 12.3. The van der Waals surface area contributed by atoms with Crippen LogP contribution in [-0.2, 0) is 0 Å². The van der Waals surface area contributed by atoms with Crippen LogP contribution in [0.15, 0.2) is 58.8 Å². The number of halogens is 1. The van der Waals surface area contributed by atoms with Crippen LogP contribution < -0.4 is 26.3 Å². The van der Waals surface area contributed by atoms with Gasteiger partial charge in [-0.2, -0.15) is 0 Å². The number of nitrogens with zero attached hydrogens (tertiary/aromatic N) is 2. The van der Waals surface area contributed by atoms with Crippen molar-refractivity contribution in [1.29, 1.82) is 5.26 Å². The molecule has 2 aromatic heterocycles. The van der Waals surface area contributed by atoms with Crippen LogP contribution >= 0.6 is 50.3 Å². The van der Waals surface area contributed by atoms with Gasteiger partial charge in [-0.3, -0.25) is 0 Å². The molecule has 1 aliphatic heterocycles. The van der Waals surface area contributed by atoms with Gasteiger partial charge in [-0.1, -0.05) is 0 Å². The third-order valence-electron chi connectivity index (χ3n) is 6.78. The zero-order chi connectivity index (χ0) is 29.6. The summed E-state index contributed by atoms with van der Waals surface area (Å²) in [6.45, 7) is 0. The monoisotopic (exact) mass is 905 g/mol. The molecular formula is C28H22IN3O5P3Tl. The molecule has 0 saturated carbocycles. The quantitative estimate of drug-likeness (QED) is 0.103. The number of ether oxygens (including phenoxy) is 1. The summed E-state index contributed by atoms with van der Waals surface area (Å²) in [4.78, 5) is 19.0. The van der Waals surface area contributed by atoms with Gasteiger partial charge in [0, 0.05) is 0 Å². The number of rotatable bonds is 4. The van der Waals surface area contributed by atoms with Gasteiger partial charge in [-0.05, 0) is 0 Å². The van der Waals surface area contributed by atoms with Crippen LogP contribution in [-0.4, -0.2) is 51.1 Å². The number of hydrogen-bond donors (Lipinski definition) is 4. The van der Waals surface area contributed by atoms with Gasteiger partial charge in [0.25, 0.3) is 0 Å². The van der Waals surface area contributed by atoms with Crippen LogP contribution in [0, 0.1) is 11.3 Å². The van der Waals surface area contributed by atoms with Gasteiger partial charge in [-0.25, -0.2) is 0 Å². The number of nitriles is 1. The summed E-state index contributed by atoms with van der Waals surface area (Å²) in [5, 5.41) is 41.8. The van der Waals surface area contributed by atoms with E-state index in [4.69, 9.17) is 4.74 Å². The summed E-state index contributed by atoms with van der Waals surface area (Å²) in [5.74, 6) is -0.948. The standard InChI is InChI=1S/C28H22IN3O5P3.Tl/c29-16(9-8-12-5-3-6-14-10-13-4-1-2-7-17(13)37-24(12)14)15(11-30)18-25(38)20(32-28(40)26(18)39)19-21(33)22(34)23(35)27(36)31-19;/h1-2,4,7-8,10,33,35H,3,5-6,38-40H2,(H2,31,34,36);/b9-8?,16-15-;. The number of aromatic amines is 1. The minimum absolute atomic E-state index is 0.130. The number of benzene rings is 1. The van der Waals surface area contributed by atoms with Crippen LogP contribution in [0.4, 0.5) is 0 Å². The molecule has 3 heterocycles. The van der Waals surface area contributed by atoms with Gasteiger partial charge in [0.1, 0.15) is 0 Å². The normalized spacial score (nSPS) is 15.3. The summed E-state index contributed by atoms with van der Waals surface area (Å²) < 4.78 is 8.16. The van der Waals surface area contributed by atoms with E-state index in [-0.39, 0.29) is 11.4 Å². The predicted molar refractivity (Wildman–Crippen MR) is 180 cm³/mol. The van der Waals surface area contributed by atoms with E-state index in [9.17, 15) is 25.4 Å². The van der Waals surface area contributed by atoms with Crippen molar-refractivity contribution in [2.75, 3.05) is 0 Å². The molecular weight excluding hydrogens is 883 g/mol. The molecule has 1 aliphatic carbocycles. The first kappa shape index (κ1) is 30.4. The first-order valence-corrected chi connectivity index (χ1v) is 17.3. The Kier molecular flexibility index (Phi) is 9.08. The second-order valence-corrected chi connectivity index (χ2v) is 14.5. The second-order valence-electron chi connectivity index (χ2n) is 9.34. The van der Waals surface area contributed by atoms with Crippen molar-refractivity contribution in [3.05, 3.63) is 75.4 Å². The van der Waals surface area contributed by atoms with E-state index in [1.807, 2.05) is 24.3 Å². The molecule has 41 heavy (non-hydrogen) atoms. The predicted octanol–water partition coefficient (Wildman–Crippen LogP) is 3.69. The van der Waals surface area contributed by atoms with Gasteiger partial charge in [-0.15, -0.1) is 0 Å². The van der Waals surface area contributed by atoms with Crippen LogP contribution in [0.25, 0.3) is 23.0 Å². The van der Waals surface area contributed by atoms with Crippen molar-refractivity contribution in [2.24, 2.45) is 0 Å². The molecule has 2 aliphatic rings. The van der Waals surface area contributed by atoms with Gasteiger partial charge < -0.3 is 0 Å². The minimum atomic E-state index is -0.995. The Hall–Kier alpha value is -2.09. The van der Waals surface area contributed by atoms with Crippen molar-refractivity contribution < 1.29 is 20.1 Å². The van der Waals surface area contributed by atoms with Gasteiger partial charge >= 0.3 is 274 Å². The maximum absolute atomic E-state index is 12.2. The van der Waals surface area contributed by atoms with E-state index in [0.717, 1.165) is 48.6 Å². The van der Waals surface area contributed by atoms with E-state index in [0.29, 0.717) is 52.9 Å². The molecule has 204 valence electrons. The van der Waals surface area contributed by atoms with Crippen molar-refractivity contribution in [2.45, 2.75) is 19.3 Å². The average molecular weight is 905 g/mol. The van der Waals surface area contributed by atoms with Gasteiger partial charge in [0.2, 0.25) is 0 Å². The number of fused-ring (bicyclic) bond motifs is 2. The van der Waals surface area contributed by atoms with Gasteiger partial charge in [0.05, 0.1) is 0 Å². The Balaban J connectivity index is 1.65. The van der Waals surface area contributed by atoms with E-state index >= 15 is 0 Å². The molecule has 0 radical (unpaired) electrons. The van der Waals surface area contributed by atoms with Gasteiger partial charge in [0.15, 0.2) is 0 Å². The first-order valence-electron chi connectivity index (χ1n) is 12.2. The van der Waals surface area contributed by atoms with Crippen molar-refractivity contribution in [3.8, 4) is 40.5 Å². The molecule has 0 fully saturated rings. The van der Waals surface area contributed by atoms with Crippen LogP contribution in [0.1, 0.15) is 30.4 Å². The molecule has 0 spiro atoms. The SMILES string of the molecule is N#C/C(=C(I)\[C]([Tl])=C\C1=C2Oc3ccccc3C=C2CCC1)c1c(P)c(P)nc(-c2[nH]c(=O)c(O)c(O)c2O)c1P. The Bertz CT molecular complexity index is 1870. The average Bonchev–Trinajstić information content (AvgIpc) is 2.97. The number of aromatic hydroxyl groups is 3. The van der Waals surface area contributed by atoms with E-state index in [1.165, 1.54) is 5.57 Å². The number of H-pyrrole nitrogens is 1. The number of hydrogen-bond acceptors (Lipinski definition) is 7. The molecule has 3 unspecified atom stereocenters. The van der Waals surface area contributed by atoms with Crippen LogP contribution in [0.5, 0.6) is 23.0 Å². The number of aromatic nitrogens is 2. The molecule has 1 aromatic carbocycles. The Labute approximate surface area is 272 Å². The molecule has 3 aromatic rings. The molecule has 13 heteroatoms. The fraction of sp³-hybridized carbons (Fsp3) is 0.107. The molecule has 4 N–H and O–H groups in total. The first-order chi connectivity index (χ1) is 19.5. The molecule has 8 nitrogen and oxygen atoms in total. The Morgan fingerprint density at radius 2 is 1.85 bits per heavy atom. The zero-order valence-electron chi connectivity index (χ0n) is 21.3. The third kappa shape index (κ3) is 5.66. The molecule has 5 rings (SSSR count). The molecule has 3 atom stereocenters. The summed E-state index contributed by atoms with van der Waals surface area (Å²) in [6, 6.07) is 10.3. The molecule has 0 saturated heterocycles. The maximum atomic E-state index is 12.2. The molecule has 0 amide bonds. The molecule has 0 bridgehead atoms. The fourth-order valence-electron chi connectivity index (χ4n) is 4.74. The number of nitrogens with one attached hydrogen (secondary N) is 1. The Morgan fingerprint density at radius 1 is 1.12 bits per heavy atom. The van der Waals surface area contributed by atoms with Crippen molar-refractivity contribution in [3.63, 3.8) is 0 Å². The van der Waals surface area contributed by atoms with E-state index in [1.54, 1.807) is 0 Å². The Morgan fingerprint density at radius 3 is 2.59 bits per heavy atom. The number of pyridine rings is 2. The number of para-hydroxylation sites is 1. The fourth-order valence-corrected chi connectivity index (χ4v) is 7.95. The topological polar surface area (TPSA) is 139 Å². The summed E-state index contributed by atoms with van der Waals surface area (Å²) >= 11 is 2.59. The van der Waals surface area contributed by atoms with E-state index in [2.05, 4.69) is 78.5 Å². The number of allylic oxidation sites excluding steroid dienone is 6. The zero-order valence-corrected chi connectivity index (χ0v) is 31.4. The van der Waals surface area contributed by atoms with E-state index < -0.39 is 22.8 Å². The van der Waals surface area contributed by atoms with Crippen molar-refractivity contribution in [1.82, 2.24) is 9.97 Å². The third-order valence-corrected chi connectivity index (χ3v) is 13.9. The van der Waals surface area contributed by atoms with Crippen molar-refractivity contribution >= 4 is 104 Å². The van der Waals surface area contributed by atoms with Crippen LogP contribution in [0.3, 0.4) is 0 Å². The summed E-state index contributed by atoms with van der Waals surface area (Å²) in [7, 11) is 7.63. The summed E-state index contributed by atoms with van der Waals surface area (Å²) in [5.41, 5.74) is 3.72.